The van der Waals surface area contributed by atoms with E-state index in [4.69, 9.17) is 0 Å². The number of aromatic nitrogens is 2. The number of amides is 1. The monoisotopic (exact) mass is 335 g/mol. The second-order valence-corrected chi connectivity index (χ2v) is 5.73. The summed E-state index contributed by atoms with van der Waals surface area (Å²) in [7, 11) is 0. The molecule has 0 spiro atoms. The predicted molar refractivity (Wildman–Crippen MR) is 83.9 cm³/mol. The first-order valence-electron chi connectivity index (χ1n) is 6.45. The van der Waals surface area contributed by atoms with Crippen LogP contribution in [-0.2, 0) is 11.3 Å². The standard InChI is InChI=1S/C15H18BrN3O/c1-9-6-5-7-13(10(9)2)17-14(20)8-19-12(4)15(16)11(3)18-19/h5-7H,8H2,1-4H3,(H,17,20). The minimum absolute atomic E-state index is 0.0724. The van der Waals surface area contributed by atoms with Gasteiger partial charge in [-0.3, -0.25) is 9.48 Å². The smallest absolute Gasteiger partial charge is 0.246 e. The van der Waals surface area contributed by atoms with E-state index in [9.17, 15) is 4.79 Å². The molecule has 0 atom stereocenters. The molecule has 1 aromatic carbocycles. The highest BCUT2D eigenvalue weighted by molar-refractivity contribution is 9.10. The lowest BCUT2D eigenvalue weighted by molar-refractivity contribution is -0.116. The van der Waals surface area contributed by atoms with E-state index >= 15 is 0 Å². The highest BCUT2D eigenvalue weighted by Crippen LogP contribution is 2.20. The average Bonchev–Trinajstić information content (AvgIpc) is 2.63. The van der Waals surface area contributed by atoms with Crippen LogP contribution in [-0.4, -0.2) is 15.7 Å². The second kappa shape index (κ2) is 5.79. The van der Waals surface area contributed by atoms with Gasteiger partial charge in [0.25, 0.3) is 0 Å². The Labute approximate surface area is 127 Å². The van der Waals surface area contributed by atoms with Crippen LogP contribution in [0.3, 0.4) is 0 Å². The van der Waals surface area contributed by atoms with Crippen molar-refractivity contribution < 1.29 is 4.79 Å². The molecule has 0 saturated carbocycles. The molecule has 0 aliphatic carbocycles. The Balaban J connectivity index is 2.13. The molecule has 0 saturated heterocycles. The van der Waals surface area contributed by atoms with Gasteiger partial charge in [-0.2, -0.15) is 5.10 Å². The number of halogens is 1. The molecular weight excluding hydrogens is 318 g/mol. The maximum absolute atomic E-state index is 12.1. The van der Waals surface area contributed by atoms with Gasteiger partial charge in [-0.1, -0.05) is 12.1 Å². The summed E-state index contributed by atoms with van der Waals surface area (Å²) in [6.45, 7) is 8.10. The number of aryl methyl sites for hydroxylation is 2. The molecule has 0 aliphatic heterocycles. The summed E-state index contributed by atoms with van der Waals surface area (Å²) < 4.78 is 2.66. The zero-order valence-electron chi connectivity index (χ0n) is 12.1. The fourth-order valence-electron chi connectivity index (χ4n) is 2.04. The molecule has 0 fully saturated rings. The van der Waals surface area contributed by atoms with Crippen molar-refractivity contribution in [3.8, 4) is 0 Å². The summed E-state index contributed by atoms with van der Waals surface area (Å²) in [5.41, 5.74) is 4.96. The topological polar surface area (TPSA) is 46.9 Å². The Morgan fingerprint density at radius 3 is 2.60 bits per heavy atom. The highest BCUT2D eigenvalue weighted by Gasteiger charge is 2.12. The third kappa shape index (κ3) is 2.93. The van der Waals surface area contributed by atoms with Gasteiger partial charge in [0.2, 0.25) is 5.91 Å². The van der Waals surface area contributed by atoms with E-state index in [-0.39, 0.29) is 12.5 Å². The molecule has 1 amide bonds. The van der Waals surface area contributed by atoms with E-state index in [1.165, 1.54) is 0 Å². The second-order valence-electron chi connectivity index (χ2n) is 4.94. The Kier molecular flexibility index (Phi) is 4.28. The number of hydrogen-bond donors (Lipinski definition) is 1. The molecule has 2 rings (SSSR count). The number of anilines is 1. The van der Waals surface area contributed by atoms with Gasteiger partial charge in [0.05, 0.1) is 15.9 Å². The van der Waals surface area contributed by atoms with Crippen LogP contribution in [0, 0.1) is 27.7 Å². The van der Waals surface area contributed by atoms with Crippen molar-refractivity contribution in [3.63, 3.8) is 0 Å². The van der Waals surface area contributed by atoms with Gasteiger partial charge in [0.15, 0.2) is 0 Å². The van der Waals surface area contributed by atoms with Crippen LogP contribution in [0.1, 0.15) is 22.5 Å². The third-order valence-electron chi connectivity index (χ3n) is 3.47. The first-order valence-corrected chi connectivity index (χ1v) is 7.25. The number of rotatable bonds is 3. The summed E-state index contributed by atoms with van der Waals surface area (Å²) in [6.07, 6.45) is 0. The number of nitrogens with zero attached hydrogens (tertiary/aromatic N) is 2. The molecular formula is C15H18BrN3O. The molecule has 1 N–H and O–H groups in total. The van der Waals surface area contributed by atoms with Crippen molar-refractivity contribution in [2.45, 2.75) is 34.2 Å². The molecule has 106 valence electrons. The average molecular weight is 336 g/mol. The number of carbonyl (C=O) groups excluding carboxylic acids is 1. The van der Waals surface area contributed by atoms with Crippen molar-refractivity contribution in [3.05, 3.63) is 45.2 Å². The van der Waals surface area contributed by atoms with Crippen molar-refractivity contribution in [1.82, 2.24) is 9.78 Å². The van der Waals surface area contributed by atoms with Gasteiger partial charge in [-0.05, 0) is 60.8 Å². The van der Waals surface area contributed by atoms with Crippen molar-refractivity contribution in [2.24, 2.45) is 0 Å². The molecule has 0 bridgehead atoms. The first kappa shape index (κ1) is 14.8. The van der Waals surface area contributed by atoms with E-state index in [2.05, 4.69) is 26.3 Å². The Hall–Kier alpha value is -1.62. The van der Waals surface area contributed by atoms with Crippen molar-refractivity contribution in [1.29, 1.82) is 0 Å². The molecule has 2 aromatic rings. The van der Waals surface area contributed by atoms with Gasteiger partial charge in [-0.25, -0.2) is 0 Å². The van der Waals surface area contributed by atoms with Crippen LogP contribution in [0.5, 0.6) is 0 Å². The van der Waals surface area contributed by atoms with Crippen LogP contribution >= 0.6 is 15.9 Å². The number of nitrogens with one attached hydrogen (secondary N) is 1. The normalized spacial score (nSPS) is 10.7. The summed E-state index contributed by atoms with van der Waals surface area (Å²) in [5, 5.41) is 7.28. The minimum atomic E-state index is -0.0724. The Morgan fingerprint density at radius 1 is 1.30 bits per heavy atom. The third-order valence-corrected chi connectivity index (χ3v) is 4.61. The summed E-state index contributed by atoms with van der Waals surface area (Å²) >= 11 is 3.46. The molecule has 1 aromatic heterocycles. The van der Waals surface area contributed by atoms with Crippen LogP contribution in [0.4, 0.5) is 5.69 Å². The highest BCUT2D eigenvalue weighted by atomic mass is 79.9. The zero-order chi connectivity index (χ0) is 14.9. The molecule has 20 heavy (non-hydrogen) atoms. The SMILES string of the molecule is Cc1cccc(NC(=O)Cn2nc(C)c(Br)c2C)c1C. The van der Waals surface area contributed by atoms with Crippen molar-refractivity contribution >= 4 is 27.5 Å². The Morgan fingerprint density at radius 2 is 2.00 bits per heavy atom. The quantitative estimate of drug-likeness (QED) is 0.932. The number of benzene rings is 1. The van der Waals surface area contributed by atoms with Gasteiger partial charge >= 0.3 is 0 Å². The predicted octanol–water partition coefficient (Wildman–Crippen LogP) is 3.52. The van der Waals surface area contributed by atoms with Crippen LogP contribution in [0.25, 0.3) is 0 Å². The van der Waals surface area contributed by atoms with E-state index in [0.717, 1.165) is 32.7 Å². The van der Waals surface area contributed by atoms with Gasteiger partial charge in [-0.15, -0.1) is 0 Å². The first-order chi connectivity index (χ1) is 9.40. The number of carbonyl (C=O) groups is 1. The fraction of sp³-hybridized carbons (Fsp3) is 0.333. The summed E-state index contributed by atoms with van der Waals surface area (Å²) in [6, 6.07) is 5.89. The Bertz CT molecular complexity index is 661. The molecule has 0 radical (unpaired) electrons. The van der Waals surface area contributed by atoms with E-state index in [1.54, 1.807) is 4.68 Å². The lowest BCUT2D eigenvalue weighted by Crippen LogP contribution is -2.20. The molecule has 0 unspecified atom stereocenters. The maximum atomic E-state index is 12.1. The molecule has 5 heteroatoms. The van der Waals surface area contributed by atoms with Crippen LogP contribution in [0.2, 0.25) is 0 Å². The van der Waals surface area contributed by atoms with Crippen molar-refractivity contribution in [2.75, 3.05) is 5.32 Å². The maximum Gasteiger partial charge on any atom is 0.246 e. The van der Waals surface area contributed by atoms with Gasteiger partial charge in [0.1, 0.15) is 6.54 Å². The van der Waals surface area contributed by atoms with Gasteiger partial charge < -0.3 is 5.32 Å². The lowest BCUT2D eigenvalue weighted by atomic mass is 10.1. The zero-order valence-corrected chi connectivity index (χ0v) is 13.7. The van der Waals surface area contributed by atoms with E-state index < -0.39 is 0 Å². The minimum Gasteiger partial charge on any atom is -0.324 e. The molecule has 1 heterocycles. The largest absolute Gasteiger partial charge is 0.324 e. The lowest BCUT2D eigenvalue weighted by Gasteiger charge is -2.11. The van der Waals surface area contributed by atoms with Crippen LogP contribution < -0.4 is 5.32 Å². The molecule has 0 aliphatic rings. The van der Waals surface area contributed by atoms with E-state index in [1.807, 2.05) is 45.9 Å². The van der Waals surface area contributed by atoms with Crippen LogP contribution in [0.15, 0.2) is 22.7 Å². The summed E-state index contributed by atoms with van der Waals surface area (Å²) in [5.74, 6) is -0.0724. The van der Waals surface area contributed by atoms with E-state index in [0.29, 0.717) is 0 Å². The fourth-order valence-corrected chi connectivity index (χ4v) is 2.33. The van der Waals surface area contributed by atoms with Gasteiger partial charge in [0, 0.05) is 5.69 Å². The molecule has 4 nitrogen and oxygen atoms in total. The summed E-state index contributed by atoms with van der Waals surface area (Å²) in [4.78, 5) is 12.1. The number of hydrogen-bond acceptors (Lipinski definition) is 2.